The lowest BCUT2D eigenvalue weighted by Crippen LogP contribution is -2.50. The normalized spacial score (nSPS) is 25.5. The number of nitrogen functional groups attached to an aromatic ring is 1. The van der Waals surface area contributed by atoms with E-state index >= 15 is 0 Å². The number of carbonyl (C=O) groups is 2. The van der Waals surface area contributed by atoms with Gasteiger partial charge in [0, 0.05) is 44.0 Å². The lowest BCUT2D eigenvalue weighted by atomic mass is 9.71. The maximum absolute atomic E-state index is 13.6. The Bertz CT molecular complexity index is 1520. The summed E-state index contributed by atoms with van der Waals surface area (Å²) in [5.74, 6) is 7.45. The zero-order valence-corrected chi connectivity index (χ0v) is 29.4. The number of pyridine rings is 1. The minimum Gasteiger partial charge on any atom is -0.504 e. The molecule has 50 heavy (non-hydrogen) atoms. The number of ketones is 2. The third-order valence-electron chi connectivity index (χ3n) is 11.3. The lowest BCUT2D eigenvalue weighted by molar-refractivity contribution is -0.124. The van der Waals surface area contributed by atoms with E-state index in [0.29, 0.717) is 99.3 Å². The molecule has 10 heteroatoms. The number of aromatic nitrogens is 1. The molecule has 1 saturated carbocycles. The first-order chi connectivity index (χ1) is 24.1. The molecular weight excluding hydrogens is 634 g/mol. The highest BCUT2D eigenvalue weighted by Gasteiger charge is 2.37. The van der Waals surface area contributed by atoms with Crippen molar-refractivity contribution >= 4 is 17.4 Å². The summed E-state index contributed by atoms with van der Waals surface area (Å²) in [7, 11) is 1.49. The number of nitrogens with one attached hydrogen (secondary N) is 1. The van der Waals surface area contributed by atoms with Crippen LogP contribution in [0.2, 0.25) is 0 Å². The number of nitrogens with two attached hydrogens (primary N) is 1. The predicted molar refractivity (Wildman–Crippen MR) is 192 cm³/mol. The Morgan fingerprint density at radius 3 is 2.68 bits per heavy atom. The molecule has 1 aromatic heterocycles. The number of ether oxygens (including phenoxy) is 1. The number of nitrogens with zero attached hydrogens (tertiary/aromatic N) is 1. The second-order valence-electron chi connectivity index (χ2n) is 14.7. The third kappa shape index (κ3) is 10.1. The van der Waals surface area contributed by atoms with Gasteiger partial charge in [-0.1, -0.05) is 18.3 Å². The second kappa shape index (κ2) is 18.1. The van der Waals surface area contributed by atoms with Crippen molar-refractivity contribution < 1.29 is 34.8 Å². The Kier molecular flexibility index (Phi) is 13.7. The lowest BCUT2D eigenvalue weighted by Gasteiger charge is -2.42. The molecule has 1 saturated heterocycles. The van der Waals surface area contributed by atoms with Crippen LogP contribution in [0.5, 0.6) is 11.5 Å². The fraction of sp³-hybridized carbons (Fsp3) is 0.625. The number of methoxy groups -OCH3 is 1. The zero-order chi connectivity index (χ0) is 35.6. The van der Waals surface area contributed by atoms with Crippen LogP contribution in [0.25, 0.3) is 0 Å². The van der Waals surface area contributed by atoms with E-state index in [2.05, 4.69) is 22.1 Å². The number of aliphatic hydroxyl groups is 3. The fourth-order valence-corrected chi connectivity index (χ4v) is 8.37. The van der Waals surface area contributed by atoms with Crippen LogP contribution in [0.3, 0.4) is 0 Å². The maximum Gasteiger partial charge on any atom is 0.160 e. The average Bonchev–Trinajstić information content (AvgIpc) is 3.16. The summed E-state index contributed by atoms with van der Waals surface area (Å²) in [6.45, 7) is 0.946. The number of rotatable bonds is 15. The van der Waals surface area contributed by atoms with Gasteiger partial charge in [0.25, 0.3) is 0 Å². The monoisotopic (exact) mass is 689 g/mol. The van der Waals surface area contributed by atoms with Crippen molar-refractivity contribution in [2.45, 2.75) is 114 Å². The van der Waals surface area contributed by atoms with Gasteiger partial charge in [0.1, 0.15) is 17.5 Å². The van der Waals surface area contributed by atoms with E-state index in [1.165, 1.54) is 7.11 Å². The van der Waals surface area contributed by atoms with Crippen LogP contribution in [0.15, 0.2) is 30.5 Å². The van der Waals surface area contributed by atoms with Crippen molar-refractivity contribution in [3.8, 4) is 23.3 Å². The number of phenols is 1. The van der Waals surface area contributed by atoms with E-state index in [-0.39, 0.29) is 36.5 Å². The van der Waals surface area contributed by atoms with E-state index in [1.807, 2.05) is 6.07 Å². The molecule has 5 rings (SSSR count). The van der Waals surface area contributed by atoms with Crippen LogP contribution in [-0.4, -0.2) is 75.5 Å². The maximum atomic E-state index is 13.6. The van der Waals surface area contributed by atoms with Gasteiger partial charge in [0.2, 0.25) is 0 Å². The summed E-state index contributed by atoms with van der Waals surface area (Å²) in [4.78, 5) is 29.5. The number of aromatic hydroxyl groups is 1. The zero-order valence-electron chi connectivity index (χ0n) is 29.4. The number of Topliss-reactive ketones (excluding diaryl/α,β-unsaturated/α-hetero) is 2. The number of hydrogen-bond donors (Lipinski definition) is 6. The van der Waals surface area contributed by atoms with Crippen molar-refractivity contribution in [3.63, 3.8) is 0 Å². The van der Waals surface area contributed by atoms with Gasteiger partial charge >= 0.3 is 0 Å². The Balaban J connectivity index is 1.24. The highest BCUT2D eigenvalue weighted by molar-refractivity contribution is 5.85. The molecule has 1 aromatic carbocycles. The second-order valence-corrected chi connectivity index (χ2v) is 14.7. The van der Waals surface area contributed by atoms with Crippen molar-refractivity contribution in [1.82, 2.24) is 10.3 Å². The molecular formula is C40H55N3O7. The largest absolute Gasteiger partial charge is 0.504 e. The van der Waals surface area contributed by atoms with E-state index < -0.39 is 18.1 Å². The quantitative estimate of drug-likeness (QED) is 0.148. The van der Waals surface area contributed by atoms with Gasteiger partial charge in [-0.2, -0.15) is 0 Å². The molecule has 272 valence electrons. The van der Waals surface area contributed by atoms with Crippen LogP contribution < -0.4 is 15.8 Å². The van der Waals surface area contributed by atoms with Crippen LogP contribution in [0, 0.1) is 35.5 Å². The van der Waals surface area contributed by atoms with Gasteiger partial charge in [0.15, 0.2) is 17.3 Å². The van der Waals surface area contributed by atoms with Crippen LogP contribution in [0.1, 0.15) is 99.7 Å². The number of aliphatic hydroxyl groups excluding tert-OH is 3. The average molecular weight is 690 g/mol. The summed E-state index contributed by atoms with van der Waals surface area (Å²) >= 11 is 0. The number of piperidine rings is 1. The smallest absolute Gasteiger partial charge is 0.160 e. The first-order valence-electron chi connectivity index (χ1n) is 18.5. The van der Waals surface area contributed by atoms with Gasteiger partial charge in [0.05, 0.1) is 19.3 Å². The molecule has 10 nitrogen and oxygen atoms in total. The van der Waals surface area contributed by atoms with Crippen LogP contribution >= 0.6 is 0 Å². The van der Waals surface area contributed by atoms with Gasteiger partial charge in [-0.3, -0.25) is 9.59 Å². The topological polar surface area (TPSA) is 175 Å². The first kappa shape index (κ1) is 37.8. The van der Waals surface area contributed by atoms with E-state index in [1.54, 1.807) is 24.4 Å². The van der Waals surface area contributed by atoms with Crippen molar-refractivity contribution in [2.75, 3.05) is 26.0 Å². The summed E-state index contributed by atoms with van der Waals surface area (Å²) < 4.78 is 5.37. The highest BCUT2D eigenvalue weighted by atomic mass is 16.5. The van der Waals surface area contributed by atoms with E-state index in [4.69, 9.17) is 10.5 Å². The van der Waals surface area contributed by atoms with Crippen molar-refractivity contribution in [1.29, 1.82) is 0 Å². The number of anilines is 1. The molecule has 2 aliphatic carbocycles. The molecule has 7 N–H and O–H groups in total. The Hall–Kier alpha value is -3.49. The summed E-state index contributed by atoms with van der Waals surface area (Å²) in [5.41, 5.74) is 8.49. The number of benzene rings is 1. The molecule has 2 heterocycles. The Morgan fingerprint density at radius 2 is 1.90 bits per heavy atom. The first-order valence-corrected chi connectivity index (χ1v) is 18.5. The summed E-state index contributed by atoms with van der Waals surface area (Å²) in [5, 5.41) is 46.5. The molecule has 0 amide bonds. The molecule has 0 bridgehead atoms. The summed E-state index contributed by atoms with van der Waals surface area (Å²) in [6, 6.07) is 7.39. The van der Waals surface area contributed by atoms with Crippen molar-refractivity contribution in [3.05, 3.63) is 47.2 Å². The molecule has 0 spiro atoms. The number of hydrogen-bond acceptors (Lipinski definition) is 10. The Labute approximate surface area is 296 Å². The molecule has 1 aliphatic heterocycles. The molecule has 3 aliphatic rings. The Morgan fingerprint density at radius 1 is 1.06 bits per heavy atom. The van der Waals surface area contributed by atoms with Gasteiger partial charge in [-0.15, -0.1) is 0 Å². The van der Waals surface area contributed by atoms with E-state index in [0.717, 1.165) is 42.5 Å². The van der Waals surface area contributed by atoms with Crippen LogP contribution in [0.4, 0.5) is 5.82 Å². The van der Waals surface area contributed by atoms with Gasteiger partial charge in [-0.25, -0.2) is 4.98 Å². The highest BCUT2D eigenvalue weighted by Crippen LogP contribution is 2.38. The SMILES string of the molecule is COc1cc2c(cc1O)C(CCC(O)CCc1ccnc(N)c1)C#CC(C(O)CCCC(CCO)C1CNC3CC(=O)CCC3C1)C(=O)CC2. The fourth-order valence-electron chi connectivity index (χ4n) is 8.37. The van der Waals surface area contributed by atoms with Crippen LogP contribution in [-0.2, 0) is 22.4 Å². The van der Waals surface area contributed by atoms with Gasteiger partial charge in [-0.05, 0) is 129 Å². The number of fused-ring (bicyclic) bond motifs is 2. The molecule has 2 fully saturated rings. The predicted octanol–water partition coefficient (Wildman–Crippen LogP) is 4.25. The molecule has 8 unspecified atom stereocenters. The van der Waals surface area contributed by atoms with Gasteiger partial charge < -0.3 is 36.2 Å². The van der Waals surface area contributed by atoms with Crippen molar-refractivity contribution in [2.24, 2.45) is 23.7 Å². The van der Waals surface area contributed by atoms with E-state index in [9.17, 15) is 30.0 Å². The minimum atomic E-state index is -0.925. The molecule has 0 radical (unpaired) electrons. The number of phenolic OH excluding ortho intramolecular Hbond substituents is 1. The number of aryl methyl sites for hydroxylation is 2. The molecule has 8 atom stereocenters. The molecule has 2 aromatic rings. The third-order valence-corrected chi connectivity index (χ3v) is 11.3. The minimum absolute atomic E-state index is 0.00544. The standard InChI is InChI=1S/C40H55N3O7/c1-50-39-21-28-9-14-37(48)33(36(47)4-2-3-26(16-18-44)30-20-29-7-12-32(46)22-35(29)43-24-30)13-8-27(34(28)23-38(39)49)6-11-31(45)10-5-25-15-17-42-40(41)19-25/h15,17,19,21,23,26-27,29-31,33,35-36,43-45,47,49H,2-7,9-12,14,16,18,20,22,24H2,1H3,(H2,41,42). The number of carbonyl (C=O) groups excluding carboxylic acids is 2. The summed E-state index contributed by atoms with van der Waals surface area (Å²) in [6.07, 6.45) is 8.87.